The highest BCUT2D eigenvalue weighted by Crippen LogP contribution is 2.28. The summed E-state index contributed by atoms with van der Waals surface area (Å²) in [6, 6.07) is 13.4. The van der Waals surface area contributed by atoms with Crippen molar-refractivity contribution in [1.29, 1.82) is 0 Å². The van der Waals surface area contributed by atoms with Gasteiger partial charge in [-0.15, -0.1) is 0 Å². The molecule has 0 aliphatic carbocycles. The van der Waals surface area contributed by atoms with Crippen molar-refractivity contribution < 1.29 is 14.6 Å². The summed E-state index contributed by atoms with van der Waals surface area (Å²) in [7, 11) is 3.40. The summed E-state index contributed by atoms with van der Waals surface area (Å²) in [5, 5.41) is 11.6. The van der Waals surface area contributed by atoms with Crippen molar-refractivity contribution >= 4 is 16.7 Å². The third-order valence-corrected chi connectivity index (χ3v) is 3.73. The lowest BCUT2D eigenvalue weighted by atomic mass is 10.0. The Morgan fingerprint density at radius 2 is 1.79 bits per heavy atom. The van der Waals surface area contributed by atoms with E-state index in [1.165, 1.54) is 11.1 Å². The average Bonchev–Trinajstić information content (AvgIpc) is 2.59. The first-order chi connectivity index (χ1) is 11.5. The predicted octanol–water partition coefficient (Wildman–Crippen LogP) is 3.07. The molecule has 0 atom stereocenters. The van der Waals surface area contributed by atoms with Gasteiger partial charge in [0, 0.05) is 25.9 Å². The van der Waals surface area contributed by atoms with Gasteiger partial charge in [-0.05, 0) is 40.6 Å². The summed E-state index contributed by atoms with van der Waals surface area (Å²) in [6.07, 6.45) is 3.12. The van der Waals surface area contributed by atoms with Gasteiger partial charge in [-0.25, -0.2) is 0 Å². The van der Waals surface area contributed by atoms with Crippen LogP contribution in [0.15, 0.2) is 54.9 Å². The van der Waals surface area contributed by atoms with Crippen LogP contribution < -0.4 is 4.74 Å². The average molecular weight is 322 g/mol. The monoisotopic (exact) mass is 322 g/mol. The minimum absolute atomic E-state index is 0.0194. The molecule has 1 N–H and O–H groups in total. The van der Waals surface area contributed by atoms with Crippen LogP contribution in [0, 0.1) is 0 Å². The molecule has 1 heterocycles. The highest BCUT2D eigenvalue weighted by atomic mass is 16.5. The molecule has 0 spiro atoms. The van der Waals surface area contributed by atoms with E-state index in [0.29, 0.717) is 5.75 Å². The van der Waals surface area contributed by atoms with E-state index in [0.717, 1.165) is 21.9 Å². The molecule has 0 aliphatic heterocycles. The van der Waals surface area contributed by atoms with E-state index in [2.05, 4.69) is 4.98 Å². The highest BCUT2D eigenvalue weighted by molar-refractivity contribution is 5.88. The van der Waals surface area contributed by atoms with Crippen molar-refractivity contribution in [3.63, 3.8) is 0 Å². The lowest BCUT2D eigenvalue weighted by molar-refractivity contribution is -0.130. The summed E-state index contributed by atoms with van der Waals surface area (Å²) in [5.41, 5.74) is 1.83. The molecule has 0 saturated carbocycles. The lowest BCUT2D eigenvalue weighted by Gasteiger charge is -2.12. The van der Waals surface area contributed by atoms with E-state index in [1.807, 2.05) is 36.4 Å². The minimum Gasteiger partial charge on any atom is -0.506 e. The Morgan fingerprint density at radius 3 is 2.54 bits per heavy atom. The second-order valence-electron chi connectivity index (χ2n) is 5.73. The van der Waals surface area contributed by atoms with Gasteiger partial charge in [0.2, 0.25) is 0 Å². The number of carbonyl (C=O) groups is 1. The molecule has 0 bridgehead atoms. The largest absolute Gasteiger partial charge is 0.506 e. The van der Waals surface area contributed by atoms with Crippen LogP contribution in [0.4, 0.5) is 0 Å². The number of hydrogen-bond donors (Lipinski definition) is 1. The summed E-state index contributed by atoms with van der Waals surface area (Å²) in [6.45, 7) is 0.0194. The fourth-order valence-electron chi connectivity index (χ4n) is 2.35. The number of amides is 1. The van der Waals surface area contributed by atoms with Gasteiger partial charge in [-0.3, -0.25) is 9.78 Å². The first kappa shape index (κ1) is 15.8. The number of fused-ring (bicyclic) bond motifs is 1. The third-order valence-electron chi connectivity index (χ3n) is 3.73. The summed E-state index contributed by atoms with van der Waals surface area (Å²) < 4.78 is 5.53. The zero-order valence-corrected chi connectivity index (χ0v) is 13.6. The molecule has 0 radical (unpaired) electrons. The third kappa shape index (κ3) is 3.46. The Morgan fingerprint density at radius 1 is 1.04 bits per heavy atom. The van der Waals surface area contributed by atoms with Crippen LogP contribution in [0.25, 0.3) is 21.9 Å². The summed E-state index contributed by atoms with van der Waals surface area (Å²) >= 11 is 0. The van der Waals surface area contributed by atoms with Crippen LogP contribution in [0.3, 0.4) is 0 Å². The Bertz CT molecular complexity index is 891. The van der Waals surface area contributed by atoms with E-state index in [1.54, 1.807) is 26.4 Å². The normalized spacial score (nSPS) is 10.6. The van der Waals surface area contributed by atoms with Crippen molar-refractivity contribution in [3.05, 3.63) is 54.9 Å². The van der Waals surface area contributed by atoms with E-state index >= 15 is 0 Å². The second kappa shape index (κ2) is 6.58. The standard InChI is InChI=1S/C19H18N2O3/c1-21(2)19(23)12-24-18-6-5-13-7-14(3-4-15(13)9-18)16-8-17(22)11-20-10-16/h3-11,22H,12H2,1-2H3. The topological polar surface area (TPSA) is 62.7 Å². The van der Waals surface area contributed by atoms with Gasteiger partial charge in [0.05, 0.1) is 6.20 Å². The quantitative estimate of drug-likeness (QED) is 0.802. The van der Waals surface area contributed by atoms with Gasteiger partial charge in [0.15, 0.2) is 6.61 Å². The fraction of sp³-hybridized carbons (Fsp3) is 0.158. The van der Waals surface area contributed by atoms with Gasteiger partial charge in [-0.2, -0.15) is 0 Å². The van der Waals surface area contributed by atoms with Crippen molar-refractivity contribution in [2.45, 2.75) is 0 Å². The molecular formula is C19H18N2O3. The van der Waals surface area contributed by atoms with Crippen LogP contribution in [-0.2, 0) is 4.79 Å². The van der Waals surface area contributed by atoms with E-state index in [9.17, 15) is 9.90 Å². The zero-order chi connectivity index (χ0) is 17.1. The van der Waals surface area contributed by atoms with Gasteiger partial charge >= 0.3 is 0 Å². The molecule has 1 aromatic heterocycles. The Kier molecular flexibility index (Phi) is 4.33. The van der Waals surface area contributed by atoms with Crippen molar-refractivity contribution in [3.8, 4) is 22.6 Å². The number of pyridine rings is 1. The van der Waals surface area contributed by atoms with Crippen molar-refractivity contribution in [2.75, 3.05) is 20.7 Å². The number of likely N-dealkylation sites (N-methyl/N-ethyl adjacent to an activating group) is 1. The molecule has 0 aliphatic rings. The smallest absolute Gasteiger partial charge is 0.259 e. The highest BCUT2D eigenvalue weighted by Gasteiger charge is 2.06. The Labute approximate surface area is 140 Å². The predicted molar refractivity (Wildman–Crippen MR) is 93.0 cm³/mol. The summed E-state index contributed by atoms with van der Waals surface area (Å²) in [4.78, 5) is 17.1. The van der Waals surface area contributed by atoms with E-state index in [-0.39, 0.29) is 18.3 Å². The molecule has 3 aromatic rings. The van der Waals surface area contributed by atoms with Crippen LogP contribution in [0.1, 0.15) is 0 Å². The fourth-order valence-corrected chi connectivity index (χ4v) is 2.35. The molecule has 5 heteroatoms. The van der Waals surface area contributed by atoms with Gasteiger partial charge in [0.25, 0.3) is 5.91 Å². The minimum atomic E-state index is -0.0816. The Hall–Kier alpha value is -3.08. The number of carbonyl (C=O) groups excluding carboxylic acids is 1. The second-order valence-corrected chi connectivity index (χ2v) is 5.73. The molecule has 0 unspecified atom stereocenters. The molecule has 0 saturated heterocycles. The molecule has 122 valence electrons. The first-order valence-electron chi connectivity index (χ1n) is 7.54. The zero-order valence-electron chi connectivity index (χ0n) is 13.6. The van der Waals surface area contributed by atoms with Gasteiger partial charge < -0.3 is 14.7 Å². The maximum Gasteiger partial charge on any atom is 0.259 e. The molecule has 0 fully saturated rings. The SMILES string of the molecule is CN(C)C(=O)COc1ccc2cc(-c3cncc(O)c3)ccc2c1. The van der Waals surface area contributed by atoms with E-state index < -0.39 is 0 Å². The number of aromatic hydroxyl groups is 1. The van der Waals surface area contributed by atoms with Crippen LogP contribution in [0.2, 0.25) is 0 Å². The van der Waals surface area contributed by atoms with Crippen molar-refractivity contribution in [1.82, 2.24) is 9.88 Å². The number of aromatic nitrogens is 1. The molecule has 24 heavy (non-hydrogen) atoms. The summed E-state index contributed by atoms with van der Waals surface area (Å²) in [5.74, 6) is 0.716. The first-order valence-corrected chi connectivity index (χ1v) is 7.54. The molecule has 1 amide bonds. The number of benzene rings is 2. The maximum absolute atomic E-state index is 11.6. The lowest BCUT2D eigenvalue weighted by Crippen LogP contribution is -2.27. The number of nitrogens with zero attached hydrogens (tertiary/aromatic N) is 2. The van der Waals surface area contributed by atoms with E-state index in [4.69, 9.17) is 4.74 Å². The van der Waals surface area contributed by atoms with Crippen LogP contribution in [-0.4, -0.2) is 41.6 Å². The van der Waals surface area contributed by atoms with Gasteiger partial charge in [-0.1, -0.05) is 18.2 Å². The number of hydrogen-bond acceptors (Lipinski definition) is 4. The van der Waals surface area contributed by atoms with Crippen LogP contribution >= 0.6 is 0 Å². The van der Waals surface area contributed by atoms with Crippen LogP contribution in [0.5, 0.6) is 11.5 Å². The molecule has 5 nitrogen and oxygen atoms in total. The molecular weight excluding hydrogens is 304 g/mol. The molecule has 2 aromatic carbocycles. The number of rotatable bonds is 4. The van der Waals surface area contributed by atoms with Gasteiger partial charge in [0.1, 0.15) is 11.5 Å². The number of ether oxygens (including phenoxy) is 1. The maximum atomic E-state index is 11.6. The van der Waals surface area contributed by atoms with Crippen molar-refractivity contribution in [2.24, 2.45) is 0 Å². The Balaban J connectivity index is 1.84. The molecule has 3 rings (SSSR count).